The molecule has 2 N–H and O–H groups in total. The lowest BCUT2D eigenvalue weighted by atomic mass is 9.89. The van der Waals surface area contributed by atoms with Crippen LogP contribution in [0.5, 0.6) is 0 Å². The van der Waals surface area contributed by atoms with Crippen LogP contribution in [0.15, 0.2) is 54.6 Å². The van der Waals surface area contributed by atoms with Gasteiger partial charge in [-0.2, -0.15) is 0 Å². The quantitative estimate of drug-likeness (QED) is 0.401. The molecule has 0 aromatic heterocycles. The number of nitrogens with zero attached hydrogens (tertiary/aromatic N) is 1. The van der Waals surface area contributed by atoms with Crippen LogP contribution in [0.2, 0.25) is 0 Å². The second-order valence-corrected chi connectivity index (χ2v) is 9.93. The van der Waals surface area contributed by atoms with Crippen molar-refractivity contribution in [2.75, 3.05) is 39.3 Å². The van der Waals surface area contributed by atoms with E-state index in [1.165, 1.54) is 49.4 Å². The first-order chi connectivity index (χ1) is 16.3. The Morgan fingerprint density at radius 1 is 0.818 bits per heavy atom. The molecular formula is C29H41N3O. The molecule has 178 valence electrons. The van der Waals surface area contributed by atoms with Gasteiger partial charge in [-0.1, -0.05) is 73.9 Å². The van der Waals surface area contributed by atoms with Crippen molar-refractivity contribution >= 4 is 16.7 Å². The fourth-order valence-electron chi connectivity index (χ4n) is 5.41. The zero-order valence-corrected chi connectivity index (χ0v) is 20.1. The van der Waals surface area contributed by atoms with Crippen LogP contribution in [0.3, 0.4) is 0 Å². The Morgan fingerprint density at radius 2 is 1.45 bits per heavy atom. The number of fused-ring (bicyclic) bond motifs is 1. The van der Waals surface area contributed by atoms with E-state index in [9.17, 15) is 4.79 Å². The Kier molecular flexibility index (Phi) is 9.37. The Balaban J connectivity index is 1.09. The lowest BCUT2D eigenvalue weighted by Crippen LogP contribution is -2.41. The molecule has 2 fully saturated rings. The first-order valence-corrected chi connectivity index (χ1v) is 13.1. The van der Waals surface area contributed by atoms with Crippen molar-refractivity contribution in [1.29, 1.82) is 0 Å². The number of benzene rings is 2. The molecular weight excluding hydrogens is 406 g/mol. The van der Waals surface area contributed by atoms with E-state index in [2.05, 4.69) is 70.2 Å². The van der Waals surface area contributed by atoms with Gasteiger partial charge >= 0.3 is 0 Å². The largest absolute Gasteiger partial charge is 0.342 e. The van der Waals surface area contributed by atoms with Crippen LogP contribution in [0.25, 0.3) is 10.8 Å². The average molecular weight is 448 g/mol. The van der Waals surface area contributed by atoms with Gasteiger partial charge < -0.3 is 15.5 Å². The van der Waals surface area contributed by atoms with Crippen LogP contribution < -0.4 is 10.6 Å². The molecule has 4 nitrogen and oxygen atoms in total. The van der Waals surface area contributed by atoms with Gasteiger partial charge in [-0.15, -0.1) is 0 Å². The molecule has 0 radical (unpaired) electrons. The molecule has 2 aliphatic rings. The normalized spacial score (nSPS) is 18.4. The van der Waals surface area contributed by atoms with Gasteiger partial charge in [0.15, 0.2) is 0 Å². The van der Waals surface area contributed by atoms with Crippen molar-refractivity contribution < 1.29 is 4.79 Å². The number of piperidine rings is 1. The van der Waals surface area contributed by atoms with Crippen LogP contribution in [0, 0.1) is 11.8 Å². The molecule has 2 aromatic carbocycles. The predicted octanol–water partition coefficient (Wildman–Crippen LogP) is 4.94. The summed E-state index contributed by atoms with van der Waals surface area (Å²) in [5.74, 6) is 1.83. The molecule has 1 aliphatic carbocycles. The number of likely N-dealkylation sites (tertiary alicyclic amines) is 1. The van der Waals surface area contributed by atoms with E-state index in [0.29, 0.717) is 12.3 Å². The Hall–Kier alpha value is -2.17. The summed E-state index contributed by atoms with van der Waals surface area (Å²) < 4.78 is 0. The van der Waals surface area contributed by atoms with E-state index >= 15 is 0 Å². The maximum absolute atomic E-state index is 12.9. The second-order valence-electron chi connectivity index (χ2n) is 9.93. The van der Waals surface area contributed by atoms with Crippen molar-refractivity contribution in [1.82, 2.24) is 15.5 Å². The SMILES string of the molecule is O=C(Cc1cccc2ccccc12)N1CCC(CNC/C=C/CNCC2CCCCC2)CC1. The number of carbonyl (C=O) groups is 1. The van der Waals surface area contributed by atoms with Crippen LogP contribution in [-0.2, 0) is 11.2 Å². The molecule has 33 heavy (non-hydrogen) atoms. The third-order valence-corrected chi connectivity index (χ3v) is 7.47. The molecule has 0 spiro atoms. The molecule has 0 unspecified atom stereocenters. The molecule has 2 aromatic rings. The topological polar surface area (TPSA) is 44.4 Å². The summed E-state index contributed by atoms with van der Waals surface area (Å²) in [7, 11) is 0. The standard InChI is InChI=1S/C29H41N3O/c33-29(21-27-13-8-12-26-11-4-5-14-28(26)27)32-19-15-25(16-20-32)23-31-18-7-6-17-30-22-24-9-2-1-3-10-24/h4-8,11-14,24-25,30-31H,1-3,9-10,15-23H2/b7-6+. The van der Waals surface area contributed by atoms with Crippen LogP contribution in [0.1, 0.15) is 50.5 Å². The minimum atomic E-state index is 0.265. The molecule has 1 aliphatic heterocycles. The van der Waals surface area contributed by atoms with E-state index < -0.39 is 0 Å². The van der Waals surface area contributed by atoms with E-state index in [0.717, 1.165) is 57.0 Å². The van der Waals surface area contributed by atoms with Crippen molar-refractivity contribution in [2.24, 2.45) is 11.8 Å². The molecule has 1 amide bonds. The zero-order valence-electron chi connectivity index (χ0n) is 20.1. The second kappa shape index (κ2) is 12.9. The summed E-state index contributed by atoms with van der Waals surface area (Å²) in [5.41, 5.74) is 1.14. The highest BCUT2D eigenvalue weighted by molar-refractivity contribution is 5.90. The average Bonchev–Trinajstić information content (AvgIpc) is 2.87. The van der Waals surface area contributed by atoms with Gasteiger partial charge in [0.25, 0.3) is 0 Å². The highest BCUT2D eigenvalue weighted by atomic mass is 16.2. The molecule has 0 bridgehead atoms. The first-order valence-electron chi connectivity index (χ1n) is 13.1. The minimum absolute atomic E-state index is 0.265. The van der Waals surface area contributed by atoms with Gasteiger partial charge in [0.2, 0.25) is 5.91 Å². The monoisotopic (exact) mass is 447 g/mol. The Labute approximate surface area is 199 Å². The number of rotatable bonds is 10. The van der Waals surface area contributed by atoms with Crippen molar-refractivity contribution in [2.45, 2.75) is 51.4 Å². The number of carbonyl (C=O) groups excluding carboxylic acids is 1. The zero-order chi connectivity index (χ0) is 22.7. The van der Waals surface area contributed by atoms with Gasteiger partial charge in [0, 0.05) is 26.2 Å². The van der Waals surface area contributed by atoms with E-state index in [4.69, 9.17) is 0 Å². The van der Waals surface area contributed by atoms with Gasteiger partial charge in [0.05, 0.1) is 6.42 Å². The number of hydrogen-bond acceptors (Lipinski definition) is 3. The van der Waals surface area contributed by atoms with Crippen molar-refractivity contribution in [3.8, 4) is 0 Å². The molecule has 1 saturated carbocycles. The minimum Gasteiger partial charge on any atom is -0.342 e. The van der Waals surface area contributed by atoms with E-state index in [1.807, 2.05) is 0 Å². The molecule has 0 atom stereocenters. The van der Waals surface area contributed by atoms with Crippen LogP contribution in [-0.4, -0.2) is 50.1 Å². The summed E-state index contributed by atoms with van der Waals surface area (Å²) in [6, 6.07) is 14.6. The van der Waals surface area contributed by atoms with E-state index in [-0.39, 0.29) is 5.91 Å². The smallest absolute Gasteiger partial charge is 0.227 e. The summed E-state index contributed by atoms with van der Waals surface area (Å²) in [5, 5.41) is 9.58. The maximum atomic E-state index is 12.9. The Morgan fingerprint density at radius 3 is 2.18 bits per heavy atom. The van der Waals surface area contributed by atoms with Gasteiger partial charge in [-0.25, -0.2) is 0 Å². The summed E-state index contributed by atoms with van der Waals surface area (Å²) in [4.78, 5) is 15.0. The summed E-state index contributed by atoms with van der Waals surface area (Å²) >= 11 is 0. The molecule has 4 heteroatoms. The number of hydrogen-bond donors (Lipinski definition) is 2. The predicted molar refractivity (Wildman–Crippen MR) is 138 cm³/mol. The lowest BCUT2D eigenvalue weighted by molar-refractivity contribution is -0.131. The van der Waals surface area contributed by atoms with Crippen molar-refractivity contribution in [3.05, 3.63) is 60.2 Å². The number of nitrogens with one attached hydrogen (secondary N) is 2. The number of amides is 1. The highest BCUT2D eigenvalue weighted by Crippen LogP contribution is 2.23. The Bertz CT molecular complexity index is 889. The fraction of sp³-hybridized carbons (Fsp3) is 0.552. The fourth-order valence-corrected chi connectivity index (χ4v) is 5.41. The third kappa shape index (κ3) is 7.41. The summed E-state index contributed by atoms with van der Waals surface area (Å²) in [6.07, 6.45) is 14.3. The van der Waals surface area contributed by atoms with E-state index in [1.54, 1.807) is 0 Å². The van der Waals surface area contributed by atoms with Gasteiger partial charge in [-0.3, -0.25) is 4.79 Å². The van der Waals surface area contributed by atoms with Gasteiger partial charge in [-0.05, 0) is 66.9 Å². The maximum Gasteiger partial charge on any atom is 0.227 e. The first kappa shape index (κ1) is 24.0. The van der Waals surface area contributed by atoms with Crippen LogP contribution >= 0.6 is 0 Å². The van der Waals surface area contributed by atoms with Crippen molar-refractivity contribution in [3.63, 3.8) is 0 Å². The molecule has 4 rings (SSSR count). The molecule has 1 saturated heterocycles. The summed E-state index contributed by atoms with van der Waals surface area (Å²) in [6.45, 7) is 5.91. The van der Waals surface area contributed by atoms with Gasteiger partial charge in [0.1, 0.15) is 0 Å². The molecule has 1 heterocycles. The lowest BCUT2D eigenvalue weighted by Gasteiger charge is -2.32. The third-order valence-electron chi connectivity index (χ3n) is 7.47. The highest BCUT2D eigenvalue weighted by Gasteiger charge is 2.22. The van der Waals surface area contributed by atoms with Crippen LogP contribution in [0.4, 0.5) is 0 Å².